The van der Waals surface area contributed by atoms with Crippen molar-refractivity contribution in [1.82, 2.24) is 0 Å². The number of ether oxygens (including phenoxy) is 2. The van der Waals surface area contributed by atoms with Gasteiger partial charge in [-0.2, -0.15) is 0 Å². The maximum absolute atomic E-state index is 14.4. The van der Waals surface area contributed by atoms with Crippen LogP contribution in [0.15, 0.2) is 30.3 Å². The number of nitrogens with zero attached hydrogens (tertiary/aromatic N) is 2. The largest absolute Gasteiger partial charge is 0.755 e. The van der Waals surface area contributed by atoms with Crippen LogP contribution in [0.5, 0.6) is 11.5 Å². The molecule has 0 spiro atoms. The van der Waals surface area contributed by atoms with E-state index in [1.807, 2.05) is 0 Å². The number of rotatable bonds is 13. The Morgan fingerprint density at radius 2 is 1.88 bits per heavy atom. The number of alkyl halides is 2. The number of nitro groups is 1. The van der Waals surface area contributed by atoms with Gasteiger partial charge in [-0.05, 0) is 52.3 Å². The molecule has 222 valence electrons. The first-order valence-electron chi connectivity index (χ1n) is 11.8. The summed E-state index contributed by atoms with van der Waals surface area (Å²) in [7, 11) is -4.30. The van der Waals surface area contributed by atoms with Gasteiger partial charge in [0.2, 0.25) is 5.50 Å². The second-order valence-corrected chi connectivity index (χ2v) is 13.0. The monoisotopic (exact) mass is 625 g/mol. The van der Waals surface area contributed by atoms with Crippen molar-refractivity contribution in [3.8, 4) is 11.5 Å². The van der Waals surface area contributed by atoms with Crippen molar-refractivity contribution in [3.63, 3.8) is 0 Å². The summed E-state index contributed by atoms with van der Waals surface area (Å²) < 4.78 is 86.2. The van der Waals surface area contributed by atoms with Gasteiger partial charge in [-0.3, -0.25) is 18.7 Å². The third-order valence-corrected chi connectivity index (χ3v) is 8.31. The van der Waals surface area contributed by atoms with E-state index in [1.54, 1.807) is 20.8 Å². The standard InChI is InChI=1S/C24H29ClF2N2O9S2/c1-15-18(10-9-16(29(31)32)21(15)23(30)38-24(2,3)4)37-19-8-5-7-17(22(19)25)28(39(33)34)13-11-20(27)40(35,36)14-6-12-26/h5,7-10,20H,6,11-14H2,1-4H3,(H,33,34)/p-1. The highest BCUT2D eigenvalue weighted by Gasteiger charge is 2.30. The molecule has 0 aliphatic rings. The van der Waals surface area contributed by atoms with Crippen LogP contribution < -0.4 is 9.04 Å². The topological polar surface area (TPSA) is 156 Å². The van der Waals surface area contributed by atoms with Crippen LogP contribution in [0.1, 0.15) is 49.5 Å². The molecule has 0 saturated carbocycles. The van der Waals surface area contributed by atoms with Gasteiger partial charge in [0.1, 0.15) is 27.7 Å². The number of hydrogen-bond donors (Lipinski definition) is 0. The third kappa shape index (κ3) is 8.56. The smallest absolute Gasteiger partial charge is 0.346 e. The van der Waals surface area contributed by atoms with Crippen molar-refractivity contribution in [2.75, 3.05) is 23.3 Å². The Hall–Kier alpha value is -2.88. The molecule has 0 aliphatic heterocycles. The van der Waals surface area contributed by atoms with Crippen molar-refractivity contribution in [2.24, 2.45) is 0 Å². The number of halogens is 3. The minimum atomic E-state index is -4.30. The van der Waals surface area contributed by atoms with E-state index in [9.17, 15) is 40.9 Å². The molecule has 2 aromatic rings. The Bertz CT molecular complexity index is 1390. The van der Waals surface area contributed by atoms with Gasteiger partial charge in [-0.1, -0.05) is 17.7 Å². The van der Waals surface area contributed by atoms with E-state index < -0.39 is 74.2 Å². The van der Waals surface area contributed by atoms with Crippen molar-refractivity contribution in [2.45, 2.75) is 51.6 Å². The Morgan fingerprint density at radius 3 is 2.42 bits per heavy atom. The van der Waals surface area contributed by atoms with Gasteiger partial charge in [0, 0.05) is 35.9 Å². The first kappa shape index (κ1) is 33.3. The number of nitro benzene ring substituents is 1. The lowest BCUT2D eigenvalue weighted by Crippen LogP contribution is -2.31. The average molecular weight is 626 g/mol. The van der Waals surface area contributed by atoms with E-state index >= 15 is 0 Å². The molecule has 16 heteroatoms. The van der Waals surface area contributed by atoms with Crippen molar-refractivity contribution < 1.29 is 45.2 Å². The number of hydrogen-bond acceptors (Lipinski definition) is 9. The molecule has 0 radical (unpaired) electrons. The van der Waals surface area contributed by atoms with E-state index in [4.69, 9.17) is 21.1 Å². The highest BCUT2D eigenvalue weighted by atomic mass is 35.5. The van der Waals surface area contributed by atoms with Crippen LogP contribution in [-0.4, -0.2) is 58.1 Å². The Labute approximate surface area is 237 Å². The number of carbonyl (C=O) groups excluding carboxylic acids is 1. The molecule has 2 aromatic carbocycles. The second kappa shape index (κ2) is 13.7. The first-order chi connectivity index (χ1) is 18.5. The summed E-state index contributed by atoms with van der Waals surface area (Å²) in [4.78, 5) is 23.6. The normalized spacial score (nSPS) is 13.4. The summed E-state index contributed by atoms with van der Waals surface area (Å²) >= 11 is 3.39. The van der Waals surface area contributed by atoms with E-state index in [0.29, 0.717) is 4.31 Å². The van der Waals surface area contributed by atoms with Gasteiger partial charge in [0.15, 0.2) is 9.84 Å². The van der Waals surface area contributed by atoms with E-state index in [-0.39, 0.29) is 39.8 Å². The molecule has 0 bridgehead atoms. The molecule has 2 rings (SSSR count). The molecule has 0 saturated heterocycles. The van der Waals surface area contributed by atoms with Crippen LogP contribution in [0.4, 0.5) is 20.2 Å². The molecule has 2 atom stereocenters. The summed E-state index contributed by atoms with van der Waals surface area (Å²) in [6.45, 7) is 4.60. The zero-order valence-electron chi connectivity index (χ0n) is 22.0. The fraction of sp³-hybridized carbons (Fsp3) is 0.458. The van der Waals surface area contributed by atoms with Crippen molar-refractivity contribution in [1.29, 1.82) is 0 Å². The lowest BCUT2D eigenvalue weighted by molar-refractivity contribution is -0.385. The number of esters is 1. The minimum absolute atomic E-state index is 0.0249. The molecular formula is C24H28ClF2N2O9S2-. The predicted octanol–water partition coefficient (Wildman–Crippen LogP) is 5.36. The summed E-state index contributed by atoms with van der Waals surface area (Å²) in [5.41, 5.74) is -4.38. The van der Waals surface area contributed by atoms with Crippen LogP contribution in [0.2, 0.25) is 5.02 Å². The Kier molecular flexibility index (Phi) is 11.4. The van der Waals surface area contributed by atoms with E-state index in [0.717, 1.165) is 6.07 Å². The van der Waals surface area contributed by atoms with Gasteiger partial charge >= 0.3 is 5.97 Å². The number of carbonyl (C=O) groups is 1. The van der Waals surface area contributed by atoms with Crippen molar-refractivity contribution >= 4 is 50.0 Å². The van der Waals surface area contributed by atoms with Gasteiger partial charge in [-0.25, -0.2) is 17.6 Å². The zero-order chi connectivity index (χ0) is 30.4. The molecule has 0 aliphatic carbocycles. The Morgan fingerprint density at radius 1 is 1.23 bits per heavy atom. The van der Waals surface area contributed by atoms with Crippen LogP contribution >= 0.6 is 11.6 Å². The maximum atomic E-state index is 14.4. The number of sulfone groups is 1. The lowest BCUT2D eigenvalue weighted by Gasteiger charge is -2.28. The SMILES string of the molecule is Cc1c(Oc2cccc(N(CCC(F)S(=O)(=O)CCCF)S(=O)[O-])c2Cl)ccc([N+](=O)[O-])c1C(=O)OC(C)(C)C. The quantitative estimate of drug-likeness (QED) is 0.124. The molecule has 0 heterocycles. The van der Waals surface area contributed by atoms with Gasteiger partial charge in [0.25, 0.3) is 5.69 Å². The fourth-order valence-corrected chi connectivity index (χ4v) is 5.59. The Balaban J connectivity index is 2.42. The highest BCUT2D eigenvalue weighted by Crippen LogP contribution is 2.40. The summed E-state index contributed by atoms with van der Waals surface area (Å²) in [6.07, 6.45) is -1.13. The summed E-state index contributed by atoms with van der Waals surface area (Å²) in [5.74, 6) is -1.83. The number of anilines is 1. The zero-order valence-corrected chi connectivity index (χ0v) is 24.4. The van der Waals surface area contributed by atoms with Crippen molar-refractivity contribution in [3.05, 3.63) is 56.6 Å². The highest BCUT2D eigenvalue weighted by molar-refractivity contribution is 7.91. The summed E-state index contributed by atoms with van der Waals surface area (Å²) in [5, 5.41) is 11.3. The molecule has 0 amide bonds. The van der Waals surface area contributed by atoms with Gasteiger partial charge in [0.05, 0.1) is 23.0 Å². The maximum Gasteiger partial charge on any atom is 0.346 e. The first-order valence-corrected chi connectivity index (χ1v) is 14.9. The molecule has 0 aromatic heterocycles. The predicted molar refractivity (Wildman–Crippen MR) is 145 cm³/mol. The van der Waals surface area contributed by atoms with Crippen LogP contribution in [0.25, 0.3) is 0 Å². The van der Waals surface area contributed by atoms with Crippen LogP contribution in [-0.2, 0) is 25.8 Å². The second-order valence-electron chi connectivity index (χ2n) is 9.46. The van der Waals surface area contributed by atoms with Crippen LogP contribution in [0.3, 0.4) is 0 Å². The molecular weight excluding hydrogens is 598 g/mol. The number of benzene rings is 2. The molecule has 0 N–H and O–H groups in total. The molecule has 2 unspecified atom stereocenters. The van der Waals surface area contributed by atoms with Gasteiger partial charge in [-0.15, -0.1) is 0 Å². The fourth-order valence-electron chi connectivity index (χ4n) is 3.47. The molecule has 40 heavy (non-hydrogen) atoms. The lowest BCUT2D eigenvalue weighted by atomic mass is 10.0. The summed E-state index contributed by atoms with van der Waals surface area (Å²) in [6, 6.07) is 6.25. The van der Waals surface area contributed by atoms with Gasteiger partial charge < -0.3 is 18.3 Å². The van der Waals surface area contributed by atoms with Crippen LogP contribution in [0, 0.1) is 17.0 Å². The average Bonchev–Trinajstić information content (AvgIpc) is 2.84. The van der Waals surface area contributed by atoms with E-state index in [1.165, 1.54) is 31.2 Å². The third-order valence-electron chi connectivity index (χ3n) is 5.32. The van der Waals surface area contributed by atoms with E-state index in [2.05, 4.69) is 0 Å². The molecule has 11 nitrogen and oxygen atoms in total. The molecule has 0 fully saturated rings. The minimum Gasteiger partial charge on any atom is -0.755 e.